The van der Waals surface area contributed by atoms with Gasteiger partial charge in [0.25, 0.3) is 0 Å². The number of carbonyl (C=O) groups is 1. The molecular weight excluding hydrogens is 268 g/mol. The first-order chi connectivity index (χ1) is 9.92. The van der Waals surface area contributed by atoms with Gasteiger partial charge in [-0.05, 0) is 58.9 Å². The molecular formula is C16H32N2O3. The summed E-state index contributed by atoms with van der Waals surface area (Å²) >= 11 is 0. The number of rotatable bonds is 11. The standard InChI is InChI=1S/C16H32N2O3/c1-5-21-15(19)16(3,17)9-6-10-18(11-12-20-4)13(2)14-7-8-14/h13-14H,5-12,17H2,1-4H3. The quantitative estimate of drug-likeness (QED) is 0.589. The predicted octanol–water partition coefficient (Wildman–Crippen LogP) is 1.79. The Morgan fingerprint density at radius 1 is 1.43 bits per heavy atom. The van der Waals surface area contributed by atoms with Crippen molar-refractivity contribution < 1.29 is 14.3 Å². The highest BCUT2D eigenvalue weighted by Gasteiger charge is 2.33. The van der Waals surface area contributed by atoms with Crippen molar-refractivity contribution in [1.29, 1.82) is 0 Å². The van der Waals surface area contributed by atoms with E-state index in [-0.39, 0.29) is 5.97 Å². The van der Waals surface area contributed by atoms with Gasteiger partial charge in [0.1, 0.15) is 5.54 Å². The number of ether oxygens (including phenoxy) is 2. The van der Waals surface area contributed by atoms with Crippen LogP contribution in [0.5, 0.6) is 0 Å². The summed E-state index contributed by atoms with van der Waals surface area (Å²) in [6.45, 7) is 8.87. The Hall–Kier alpha value is -0.650. The molecule has 0 saturated heterocycles. The minimum absolute atomic E-state index is 0.302. The van der Waals surface area contributed by atoms with Gasteiger partial charge in [0, 0.05) is 19.7 Å². The summed E-state index contributed by atoms with van der Waals surface area (Å²) in [7, 11) is 1.73. The normalized spacial score (nSPS) is 19.3. The second kappa shape index (κ2) is 8.71. The first-order valence-corrected chi connectivity index (χ1v) is 8.11. The van der Waals surface area contributed by atoms with Crippen molar-refractivity contribution in [2.45, 2.75) is 58.0 Å². The zero-order chi connectivity index (χ0) is 15.9. The third kappa shape index (κ3) is 6.32. The number of methoxy groups -OCH3 is 1. The van der Waals surface area contributed by atoms with E-state index < -0.39 is 5.54 Å². The van der Waals surface area contributed by atoms with Crippen LogP contribution in [0, 0.1) is 5.92 Å². The summed E-state index contributed by atoms with van der Waals surface area (Å²) in [6, 6.07) is 0.590. The molecule has 2 atom stereocenters. The van der Waals surface area contributed by atoms with Gasteiger partial charge >= 0.3 is 5.97 Å². The van der Waals surface area contributed by atoms with Crippen LogP contribution < -0.4 is 5.73 Å². The van der Waals surface area contributed by atoms with Crippen molar-refractivity contribution in [1.82, 2.24) is 4.90 Å². The van der Waals surface area contributed by atoms with Gasteiger partial charge < -0.3 is 15.2 Å². The summed E-state index contributed by atoms with van der Waals surface area (Å²) in [5.41, 5.74) is 5.18. The van der Waals surface area contributed by atoms with Crippen molar-refractivity contribution in [2.75, 3.05) is 33.4 Å². The van der Waals surface area contributed by atoms with Crippen LogP contribution in [0.3, 0.4) is 0 Å². The van der Waals surface area contributed by atoms with Gasteiger partial charge in [0.15, 0.2) is 0 Å². The molecule has 2 unspecified atom stereocenters. The van der Waals surface area contributed by atoms with Gasteiger partial charge in [-0.1, -0.05) is 0 Å². The Labute approximate surface area is 129 Å². The molecule has 0 spiro atoms. The van der Waals surface area contributed by atoms with E-state index in [9.17, 15) is 4.79 Å². The molecule has 0 aromatic carbocycles. The number of nitrogens with zero attached hydrogens (tertiary/aromatic N) is 1. The Morgan fingerprint density at radius 2 is 2.10 bits per heavy atom. The number of hydrogen-bond acceptors (Lipinski definition) is 5. The molecule has 0 radical (unpaired) electrons. The fourth-order valence-corrected chi connectivity index (χ4v) is 2.65. The molecule has 0 aliphatic heterocycles. The summed E-state index contributed by atoms with van der Waals surface area (Å²) < 4.78 is 10.2. The van der Waals surface area contributed by atoms with Crippen LogP contribution in [0.15, 0.2) is 0 Å². The van der Waals surface area contributed by atoms with Gasteiger partial charge in [0.2, 0.25) is 0 Å². The highest BCUT2D eigenvalue weighted by Crippen LogP contribution is 2.35. The van der Waals surface area contributed by atoms with Crippen LogP contribution >= 0.6 is 0 Å². The maximum absolute atomic E-state index is 11.8. The second-order valence-corrected chi connectivity index (χ2v) is 6.35. The molecule has 0 amide bonds. The largest absolute Gasteiger partial charge is 0.465 e. The fourth-order valence-electron chi connectivity index (χ4n) is 2.65. The highest BCUT2D eigenvalue weighted by atomic mass is 16.5. The van der Waals surface area contributed by atoms with Crippen molar-refractivity contribution >= 4 is 5.97 Å². The van der Waals surface area contributed by atoms with E-state index in [1.54, 1.807) is 21.0 Å². The van der Waals surface area contributed by atoms with Crippen LogP contribution in [0.25, 0.3) is 0 Å². The molecule has 5 heteroatoms. The van der Waals surface area contributed by atoms with E-state index in [0.29, 0.717) is 19.1 Å². The monoisotopic (exact) mass is 300 g/mol. The average molecular weight is 300 g/mol. The lowest BCUT2D eigenvalue weighted by molar-refractivity contribution is -0.149. The minimum Gasteiger partial charge on any atom is -0.465 e. The van der Waals surface area contributed by atoms with Gasteiger partial charge in [0.05, 0.1) is 13.2 Å². The zero-order valence-electron chi connectivity index (χ0n) is 14.1. The number of nitrogens with two attached hydrogens (primary N) is 1. The van der Waals surface area contributed by atoms with Crippen LogP contribution in [0.1, 0.15) is 46.5 Å². The van der Waals surface area contributed by atoms with Gasteiger partial charge in [-0.15, -0.1) is 0 Å². The van der Waals surface area contributed by atoms with Crippen molar-refractivity contribution in [3.8, 4) is 0 Å². The van der Waals surface area contributed by atoms with Gasteiger partial charge in [-0.2, -0.15) is 0 Å². The van der Waals surface area contributed by atoms with E-state index in [1.165, 1.54) is 12.8 Å². The molecule has 0 aromatic heterocycles. The first kappa shape index (κ1) is 18.4. The van der Waals surface area contributed by atoms with Gasteiger partial charge in [-0.25, -0.2) is 0 Å². The summed E-state index contributed by atoms with van der Waals surface area (Å²) in [6.07, 6.45) is 4.21. The maximum atomic E-state index is 11.8. The Morgan fingerprint density at radius 3 is 2.62 bits per heavy atom. The molecule has 0 aromatic rings. The smallest absolute Gasteiger partial charge is 0.325 e. The molecule has 2 N–H and O–H groups in total. The van der Waals surface area contributed by atoms with Crippen LogP contribution in [-0.4, -0.2) is 55.9 Å². The number of hydrogen-bond donors (Lipinski definition) is 1. The number of carbonyl (C=O) groups excluding carboxylic acids is 1. The Bertz CT molecular complexity index is 317. The molecule has 21 heavy (non-hydrogen) atoms. The van der Waals surface area contributed by atoms with E-state index in [4.69, 9.17) is 15.2 Å². The lowest BCUT2D eigenvalue weighted by Crippen LogP contribution is -2.47. The summed E-state index contributed by atoms with van der Waals surface area (Å²) in [5.74, 6) is 0.528. The van der Waals surface area contributed by atoms with Crippen molar-refractivity contribution in [3.05, 3.63) is 0 Å². The maximum Gasteiger partial charge on any atom is 0.325 e. The van der Waals surface area contributed by atoms with Crippen LogP contribution in [0.2, 0.25) is 0 Å². The number of esters is 1. The molecule has 1 aliphatic carbocycles. The topological polar surface area (TPSA) is 64.8 Å². The van der Waals surface area contributed by atoms with E-state index >= 15 is 0 Å². The minimum atomic E-state index is -0.883. The highest BCUT2D eigenvalue weighted by molar-refractivity contribution is 5.79. The molecule has 1 aliphatic rings. The van der Waals surface area contributed by atoms with Gasteiger partial charge in [-0.3, -0.25) is 9.69 Å². The lowest BCUT2D eigenvalue weighted by Gasteiger charge is -2.30. The Kier molecular flexibility index (Phi) is 7.63. The van der Waals surface area contributed by atoms with Crippen molar-refractivity contribution in [3.63, 3.8) is 0 Å². The first-order valence-electron chi connectivity index (χ1n) is 8.11. The average Bonchev–Trinajstić information content (AvgIpc) is 3.26. The zero-order valence-corrected chi connectivity index (χ0v) is 14.1. The SMILES string of the molecule is CCOC(=O)C(C)(N)CCCN(CCOC)C(C)C1CC1. The molecule has 124 valence electrons. The third-order valence-corrected chi connectivity index (χ3v) is 4.35. The molecule has 1 rings (SSSR count). The lowest BCUT2D eigenvalue weighted by atomic mass is 9.97. The molecule has 0 heterocycles. The van der Waals surface area contributed by atoms with E-state index in [2.05, 4.69) is 11.8 Å². The van der Waals surface area contributed by atoms with E-state index in [1.807, 2.05) is 0 Å². The second-order valence-electron chi connectivity index (χ2n) is 6.35. The van der Waals surface area contributed by atoms with Crippen molar-refractivity contribution in [2.24, 2.45) is 11.7 Å². The summed E-state index contributed by atoms with van der Waals surface area (Å²) in [4.78, 5) is 14.2. The van der Waals surface area contributed by atoms with Crippen LogP contribution in [-0.2, 0) is 14.3 Å². The fraction of sp³-hybridized carbons (Fsp3) is 0.938. The third-order valence-electron chi connectivity index (χ3n) is 4.35. The predicted molar refractivity (Wildman–Crippen MR) is 84.1 cm³/mol. The Balaban J connectivity index is 2.39. The van der Waals surface area contributed by atoms with E-state index in [0.717, 1.165) is 32.0 Å². The molecule has 0 bridgehead atoms. The molecule has 1 fully saturated rings. The summed E-state index contributed by atoms with van der Waals surface area (Å²) in [5, 5.41) is 0. The van der Waals surface area contributed by atoms with Crippen LogP contribution in [0.4, 0.5) is 0 Å². The molecule has 5 nitrogen and oxygen atoms in total. The molecule has 1 saturated carbocycles.